The molecule has 1 aliphatic heterocycles. The number of halogens is 1. The predicted molar refractivity (Wildman–Crippen MR) is 115 cm³/mol. The SMILES string of the molecule is O=C(CCCNC(=O)c1ccc(Cl)cc1)NCc1cccnc1N1CCCCC1. The molecule has 154 valence electrons. The lowest BCUT2D eigenvalue weighted by atomic mass is 10.1. The van der Waals surface area contributed by atoms with E-state index in [1.807, 2.05) is 12.1 Å². The Morgan fingerprint density at radius 3 is 2.55 bits per heavy atom. The van der Waals surface area contributed by atoms with E-state index in [0.717, 1.165) is 24.5 Å². The molecule has 3 rings (SSSR count). The van der Waals surface area contributed by atoms with Crippen molar-refractivity contribution in [2.75, 3.05) is 24.5 Å². The van der Waals surface area contributed by atoms with E-state index in [4.69, 9.17) is 11.6 Å². The number of carbonyl (C=O) groups is 2. The molecule has 2 amide bonds. The first-order chi connectivity index (χ1) is 14.1. The van der Waals surface area contributed by atoms with E-state index in [1.54, 1.807) is 30.5 Å². The average Bonchev–Trinajstić information content (AvgIpc) is 2.76. The van der Waals surface area contributed by atoms with Gasteiger partial charge in [0, 0.05) is 54.9 Å². The quantitative estimate of drug-likeness (QED) is 0.648. The molecular weight excluding hydrogens is 388 g/mol. The molecule has 0 unspecified atom stereocenters. The highest BCUT2D eigenvalue weighted by atomic mass is 35.5. The number of nitrogens with zero attached hydrogens (tertiary/aromatic N) is 2. The van der Waals surface area contributed by atoms with Crippen molar-refractivity contribution in [3.63, 3.8) is 0 Å². The van der Waals surface area contributed by atoms with Gasteiger partial charge in [-0.1, -0.05) is 17.7 Å². The van der Waals surface area contributed by atoms with E-state index < -0.39 is 0 Å². The summed E-state index contributed by atoms with van der Waals surface area (Å²) in [5, 5.41) is 6.39. The van der Waals surface area contributed by atoms with Crippen LogP contribution in [0, 0.1) is 0 Å². The normalized spacial score (nSPS) is 13.8. The van der Waals surface area contributed by atoms with Crippen molar-refractivity contribution in [2.24, 2.45) is 0 Å². The average molecular weight is 415 g/mol. The second kappa shape index (κ2) is 10.8. The number of nitrogens with one attached hydrogen (secondary N) is 2. The lowest BCUT2D eigenvalue weighted by Gasteiger charge is -2.29. The molecular formula is C22H27ClN4O2. The van der Waals surface area contributed by atoms with Gasteiger partial charge in [0.25, 0.3) is 5.91 Å². The Bertz CT molecular complexity index is 820. The zero-order chi connectivity index (χ0) is 20.5. The minimum absolute atomic E-state index is 0.0285. The Morgan fingerprint density at radius 2 is 1.79 bits per heavy atom. The topological polar surface area (TPSA) is 74.3 Å². The Balaban J connectivity index is 1.39. The smallest absolute Gasteiger partial charge is 0.251 e. The van der Waals surface area contributed by atoms with Crippen LogP contribution in [0.4, 0.5) is 5.82 Å². The van der Waals surface area contributed by atoms with Crippen LogP contribution in [0.15, 0.2) is 42.6 Å². The van der Waals surface area contributed by atoms with Crippen LogP contribution in [0.25, 0.3) is 0 Å². The Labute approximate surface area is 176 Å². The zero-order valence-electron chi connectivity index (χ0n) is 16.5. The highest BCUT2D eigenvalue weighted by Crippen LogP contribution is 2.21. The molecule has 0 aliphatic carbocycles. The van der Waals surface area contributed by atoms with Gasteiger partial charge in [-0.25, -0.2) is 4.98 Å². The molecule has 0 saturated carbocycles. The van der Waals surface area contributed by atoms with Gasteiger partial charge < -0.3 is 15.5 Å². The molecule has 1 aromatic heterocycles. The highest BCUT2D eigenvalue weighted by molar-refractivity contribution is 6.30. The summed E-state index contributed by atoms with van der Waals surface area (Å²) < 4.78 is 0. The summed E-state index contributed by atoms with van der Waals surface area (Å²) in [5.41, 5.74) is 1.60. The number of carbonyl (C=O) groups excluding carboxylic acids is 2. The third-order valence-corrected chi connectivity index (χ3v) is 5.22. The van der Waals surface area contributed by atoms with Crippen molar-refractivity contribution >= 4 is 29.2 Å². The number of pyridine rings is 1. The van der Waals surface area contributed by atoms with Crippen LogP contribution >= 0.6 is 11.6 Å². The van der Waals surface area contributed by atoms with E-state index in [1.165, 1.54) is 19.3 Å². The van der Waals surface area contributed by atoms with Gasteiger partial charge in [0.05, 0.1) is 0 Å². The number of amides is 2. The maximum atomic E-state index is 12.2. The molecule has 1 fully saturated rings. The van der Waals surface area contributed by atoms with Gasteiger partial charge in [0.2, 0.25) is 5.91 Å². The molecule has 0 spiro atoms. The number of aromatic nitrogens is 1. The lowest BCUT2D eigenvalue weighted by molar-refractivity contribution is -0.121. The summed E-state index contributed by atoms with van der Waals surface area (Å²) in [6, 6.07) is 10.6. The number of benzene rings is 1. The summed E-state index contributed by atoms with van der Waals surface area (Å²) in [7, 11) is 0. The molecule has 0 radical (unpaired) electrons. The van der Waals surface area contributed by atoms with E-state index in [9.17, 15) is 9.59 Å². The van der Waals surface area contributed by atoms with E-state index >= 15 is 0 Å². The van der Waals surface area contributed by atoms with Gasteiger partial charge in [-0.3, -0.25) is 9.59 Å². The highest BCUT2D eigenvalue weighted by Gasteiger charge is 2.15. The molecule has 0 bridgehead atoms. The fourth-order valence-corrected chi connectivity index (χ4v) is 3.52. The Hall–Kier alpha value is -2.60. The summed E-state index contributed by atoms with van der Waals surface area (Å²) in [5.74, 6) is 0.783. The maximum absolute atomic E-state index is 12.2. The van der Waals surface area contributed by atoms with Crippen LogP contribution in [0.5, 0.6) is 0 Å². The summed E-state index contributed by atoms with van der Waals surface area (Å²) in [6.45, 7) is 2.95. The number of hydrogen-bond acceptors (Lipinski definition) is 4. The van der Waals surface area contributed by atoms with E-state index in [0.29, 0.717) is 36.5 Å². The standard InChI is InChI=1S/C22H27ClN4O2/c23-19-10-8-17(9-11-19)22(29)25-13-5-7-20(28)26-16-18-6-4-12-24-21(18)27-14-2-1-3-15-27/h4,6,8-12H,1-3,5,7,13-16H2,(H,25,29)(H,26,28). The minimum atomic E-state index is -0.163. The van der Waals surface area contributed by atoms with Gasteiger partial charge in [-0.2, -0.15) is 0 Å². The Kier molecular flexibility index (Phi) is 7.87. The van der Waals surface area contributed by atoms with Crippen molar-refractivity contribution in [2.45, 2.75) is 38.6 Å². The minimum Gasteiger partial charge on any atom is -0.356 e. The number of rotatable bonds is 8. The van der Waals surface area contributed by atoms with Crippen LogP contribution < -0.4 is 15.5 Å². The van der Waals surface area contributed by atoms with Crippen molar-refractivity contribution in [1.29, 1.82) is 0 Å². The van der Waals surface area contributed by atoms with Gasteiger partial charge in [-0.15, -0.1) is 0 Å². The molecule has 6 nitrogen and oxygen atoms in total. The second-order valence-corrected chi connectivity index (χ2v) is 7.61. The van der Waals surface area contributed by atoms with Crippen LogP contribution in [-0.2, 0) is 11.3 Å². The second-order valence-electron chi connectivity index (χ2n) is 7.18. The summed E-state index contributed by atoms with van der Waals surface area (Å²) >= 11 is 5.82. The first-order valence-electron chi connectivity index (χ1n) is 10.1. The van der Waals surface area contributed by atoms with Crippen LogP contribution in [0.3, 0.4) is 0 Å². The molecule has 7 heteroatoms. The third-order valence-electron chi connectivity index (χ3n) is 4.97. The van der Waals surface area contributed by atoms with Crippen LogP contribution in [0.2, 0.25) is 5.02 Å². The molecule has 0 atom stereocenters. The molecule has 2 aromatic rings. The fraction of sp³-hybridized carbons (Fsp3) is 0.409. The third kappa shape index (κ3) is 6.46. The monoisotopic (exact) mass is 414 g/mol. The van der Waals surface area contributed by atoms with Crippen molar-refractivity contribution in [1.82, 2.24) is 15.6 Å². The number of piperidine rings is 1. The van der Waals surface area contributed by atoms with Crippen LogP contribution in [-0.4, -0.2) is 36.4 Å². The van der Waals surface area contributed by atoms with Crippen molar-refractivity contribution in [3.8, 4) is 0 Å². The maximum Gasteiger partial charge on any atom is 0.251 e. The largest absolute Gasteiger partial charge is 0.356 e. The first-order valence-corrected chi connectivity index (χ1v) is 10.5. The van der Waals surface area contributed by atoms with Gasteiger partial charge in [0.15, 0.2) is 0 Å². The van der Waals surface area contributed by atoms with Gasteiger partial charge in [-0.05, 0) is 56.0 Å². The predicted octanol–water partition coefficient (Wildman–Crippen LogP) is 3.55. The lowest BCUT2D eigenvalue weighted by Crippen LogP contribution is -2.32. The number of hydrogen-bond donors (Lipinski definition) is 2. The fourth-order valence-electron chi connectivity index (χ4n) is 3.40. The molecule has 1 aliphatic rings. The van der Waals surface area contributed by atoms with E-state index in [2.05, 4.69) is 20.5 Å². The van der Waals surface area contributed by atoms with Crippen molar-refractivity contribution in [3.05, 3.63) is 58.7 Å². The van der Waals surface area contributed by atoms with Gasteiger partial charge in [0.1, 0.15) is 5.82 Å². The molecule has 1 saturated heterocycles. The molecule has 29 heavy (non-hydrogen) atoms. The molecule has 1 aromatic carbocycles. The summed E-state index contributed by atoms with van der Waals surface area (Å²) in [6.07, 6.45) is 6.38. The Morgan fingerprint density at radius 1 is 1.03 bits per heavy atom. The summed E-state index contributed by atoms with van der Waals surface area (Å²) in [4.78, 5) is 31.0. The first kappa shape index (κ1) is 21.1. The number of anilines is 1. The van der Waals surface area contributed by atoms with E-state index in [-0.39, 0.29) is 11.8 Å². The van der Waals surface area contributed by atoms with Crippen molar-refractivity contribution < 1.29 is 9.59 Å². The van der Waals surface area contributed by atoms with Gasteiger partial charge >= 0.3 is 0 Å². The zero-order valence-corrected chi connectivity index (χ0v) is 17.3. The molecule has 2 heterocycles. The molecule has 2 N–H and O–H groups in total. The van der Waals surface area contributed by atoms with Crippen LogP contribution in [0.1, 0.15) is 48.0 Å².